The highest BCUT2D eigenvalue weighted by atomic mass is 19.1. The van der Waals surface area contributed by atoms with Crippen LogP contribution in [0, 0.1) is 17.8 Å². The Hall–Kier alpha value is -0.0700. The fourth-order valence-corrected chi connectivity index (χ4v) is 3.51. The van der Waals surface area contributed by atoms with Gasteiger partial charge in [-0.3, -0.25) is 0 Å². The molecule has 2 aliphatic carbocycles. The molecular weight excluding hydrogens is 187 g/mol. The summed E-state index contributed by atoms with van der Waals surface area (Å²) in [7, 11) is 0. The predicted molar refractivity (Wildman–Crippen MR) is 62.6 cm³/mol. The lowest BCUT2D eigenvalue weighted by molar-refractivity contribution is 0.192. The van der Waals surface area contributed by atoms with Crippen LogP contribution >= 0.6 is 0 Å². The Morgan fingerprint density at radius 3 is 2.07 bits per heavy atom. The smallest absolute Gasteiger partial charge is 0.100 e. The summed E-state index contributed by atoms with van der Waals surface area (Å²) in [6, 6.07) is 0. The third kappa shape index (κ3) is 3.19. The molecule has 2 saturated carbocycles. The first-order valence-electron chi connectivity index (χ1n) is 6.89. The molecule has 0 aromatic rings. The highest BCUT2D eigenvalue weighted by Crippen LogP contribution is 2.39. The first kappa shape index (κ1) is 11.4. The molecule has 2 aliphatic rings. The molecule has 1 heteroatoms. The molecule has 0 aliphatic heterocycles. The third-order valence-corrected chi connectivity index (χ3v) is 4.67. The monoisotopic (exact) mass is 212 g/mol. The van der Waals surface area contributed by atoms with Gasteiger partial charge in [0.25, 0.3) is 0 Å². The zero-order valence-corrected chi connectivity index (χ0v) is 10.1. The minimum absolute atomic E-state index is 0.488. The van der Waals surface area contributed by atoms with Crippen molar-refractivity contribution in [1.29, 1.82) is 0 Å². The number of hydrogen-bond acceptors (Lipinski definition) is 0. The van der Waals surface area contributed by atoms with Crippen LogP contribution in [0.5, 0.6) is 0 Å². The van der Waals surface area contributed by atoms with Gasteiger partial charge < -0.3 is 0 Å². The summed E-state index contributed by atoms with van der Waals surface area (Å²) < 4.78 is 13.2. The topological polar surface area (TPSA) is 0 Å². The van der Waals surface area contributed by atoms with Gasteiger partial charge in [0.1, 0.15) is 6.17 Å². The first-order chi connectivity index (χ1) is 7.25. The minimum Gasteiger partial charge on any atom is -0.247 e. The Bertz CT molecular complexity index is 182. The zero-order chi connectivity index (χ0) is 10.7. The molecule has 0 aromatic heterocycles. The largest absolute Gasteiger partial charge is 0.247 e. The molecule has 0 radical (unpaired) electrons. The van der Waals surface area contributed by atoms with E-state index >= 15 is 0 Å². The van der Waals surface area contributed by atoms with Crippen LogP contribution in [0.2, 0.25) is 0 Å². The zero-order valence-electron chi connectivity index (χ0n) is 10.1. The molecule has 2 atom stereocenters. The van der Waals surface area contributed by atoms with E-state index < -0.39 is 6.17 Å². The summed E-state index contributed by atoms with van der Waals surface area (Å²) in [5, 5.41) is 0. The summed E-state index contributed by atoms with van der Waals surface area (Å²) in [5.41, 5.74) is 0. The van der Waals surface area contributed by atoms with Crippen molar-refractivity contribution in [3.05, 3.63) is 0 Å². The van der Waals surface area contributed by atoms with Gasteiger partial charge in [0, 0.05) is 0 Å². The second-order valence-corrected chi connectivity index (χ2v) is 5.89. The van der Waals surface area contributed by atoms with Gasteiger partial charge in [-0.25, -0.2) is 4.39 Å². The first-order valence-corrected chi connectivity index (χ1v) is 6.89. The van der Waals surface area contributed by atoms with E-state index in [4.69, 9.17) is 0 Å². The summed E-state index contributed by atoms with van der Waals surface area (Å²) in [5.74, 6) is 2.74. The normalized spacial score (nSPS) is 43.6. The van der Waals surface area contributed by atoms with Gasteiger partial charge in [0.05, 0.1) is 0 Å². The van der Waals surface area contributed by atoms with Crippen molar-refractivity contribution < 1.29 is 4.39 Å². The maximum atomic E-state index is 13.2. The van der Waals surface area contributed by atoms with Crippen molar-refractivity contribution in [3.8, 4) is 0 Å². The highest BCUT2D eigenvalue weighted by molar-refractivity contribution is 4.79. The fraction of sp³-hybridized carbons (Fsp3) is 1.00. The Morgan fingerprint density at radius 2 is 1.33 bits per heavy atom. The van der Waals surface area contributed by atoms with Crippen LogP contribution in [0.15, 0.2) is 0 Å². The van der Waals surface area contributed by atoms with Crippen LogP contribution in [0.4, 0.5) is 4.39 Å². The molecule has 88 valence electrons. The number of alkyl halides is 1. The summed E-state index contributed by atoms with van der Waals surface area (Å²) in [4.78, 5) is 0. The summed E-state index contributed by atoms with van der Waals surface area (Å²) in [6.45, 7) is 2.38. The van der Waals surface area contributed by atoms with Crippen molar-refractivity contribution in [2.75, 3.05) is 0 Å². The van der Waals surface area contributed by atoms with Gasteiger partial charge in [0.2, 0.25) is 0 Å². The second kappa shape index (κ2) is 5.32. The molecule has 15 heavy (non-hydrogen) atoms. The molecule has 0 spiro atoms. The molecule has 0 aromatic carbocycles. The van der Waals surface area contributed by atoms with E-state index in [1.54, 1.807) is 0 Å². The molecule has 2 fully saturated rings. The van der Waals surface area contributed by atoms with Gasteiger partial charge in [0.15, 0.2) is 0 Å². The lowest BCUT2D eigenvalue weighted by atomic mass is 9.74. The number of rotatable bonds is 1. The predicted octanol–water partition coefficient (Wildman–Crippen LogP) is 4.73. The lowest BCUT2D eigenvalue weighted by Gasteiger charge is -2.32. The fourth-order valence-electron chi connectivity index (χ4n) is 3.51. The average molecular weight is 212 g/mol. The lowest BCUT2D eigenvalue weighted by Crippen LogP contribution is -2.20. The molecule has 0 heterocycles. The van der Waals surface area contributed by atoms with Crippen LogP contribution in [0.3, 0.4) is 0 Å². The quantitative estimate of drug-likeness (QED) is 0.551. The summed E-state index contributed by atoms with van der Waals surface area (Å²) >= 11 is 0. The van der Waals surface area contributed by atoms with Gasteiger partial charge in [-0.15, -0.1) is 0 Å². The molecular formula is C14H25F. The van der Waals surface area contributed by atoms with Gasteiger partial charge in [-0.1, -0.05) is 32.6 Å². The average Bonchev–Trinajstić information content (AvgIpc) is 2.44. The Morgan fingerprint density at radius 1 is 0.733 bits per heavy atom. The molecule has 0 nitrogen and oxygen atoms in total. The van der Waals surface area contributed by atoms with E-state index in [2.05, 4.69) is 6.92 Å². The van der Waals surface area contributed by atoms with E-state index in [-0.39, 0.29) is 0 Å². The van der Waals surface area contributed by atoms with E-state index in [1.165, 1.54) is 38.5 Å². The van der Waals surface area contributed by atoms with Gasteiger partial charge in [-0.05, 0) is 49.9 Å². The summed E-state index contributed by atoms with van der Waals surface area (Å²) in [6.07, 6.45) is 10.5. The Balaban J connectivity index is 1.82. The number of halogens is 1. The Labute approximate surface area is 93.6 Å². The van der Waals surface area contributed by atoms with E-state index in [0.717, 1.165) is 37.0 Å². The van der Waals surface area contributed by atoms with Crippen LogP contribution in [0.1, 0.15) is 64.7 Å². The van der Waals surface area contributed by atoms with Crippen molar-refractivity contribution in [2.45, 2.75) is 70.9 Å². The van der Waals surface area contributed by atoms with Crippen molar-refractivity contribution in [1.82, 2.24) is 0 Å². The van der Waals surface area contributed by atoms with Crippen molar-refractivity contribution in [2.24, 2.45) is 17.8 Å². The van der Waals surface area contributed by atoms with Gasteiger partial charge >= 0.3 is 0 Å². The molecule has 0 amide bonds. The van der Waals surface area contributed by atoms with E-state index in [1.807, 2.05) is 0 Å². The van der Waals surface area contributed by atoms with Crippen LogP contribution in [-0.4, -0.2) is 6.17 Å². The van der Waals surface area contributed by atoms with Crippen molar-refractivity contribution in [3.63, 3.8) is 0 Å². The molecule has 2 rings (SSSR count). The van der Waals surface area contributed by atoms with Crippen molar-refractivity contribution >= 4 is 0 Å². The Kier molecular flexibility index (Phi) is 4.05. The van der Waals surface area contributed by atoms with E-state index in [0.29, 0.717) is 0 Å². The van der Waals surface area contributed by atoms with E-state index in [9.17, 15) is 4.39 Å². The van der Waals surface area contributed by atoms with Crippen LogP contribution in [0.25, 0.3) is 0 Å². The van der Waals surface area contributed by atoms with Crippen LogP contribution in [-0.2, 0) is 0 Å². The maximum absolute atomic E-state index is 13.2. The molecule has 2 unspecified atom stereocenters. The second-order valence-electron chi connectivity index (χ2n) is 5.89. The number of hydrogen-bond donors (Lipinski definition) is 0. The third-order valence-electron chi connectivity index (χ3n) is 4.67. The molecule has 0 saturated heterocycles. The maximum Gasteiger partial charge on any atom is 0.100 e. The van der Waals surface area contributed by atoms with Gasteiger partial charge in [-0.2, -0.15) is 0 Å². The highest BCUT2D eigenvalue weighted by Gasteiger charge is 2.28. The molecule has 0 N–H and O–H groups in total. The SMILES string of the molecule is CC1CCC(C2CCCC(F)CC2)CC1. The standard InChI is InChI=1S/C14H25F/c1-11-5-7-13(8-6-11)12-3-2-4-14(15)10-9-12/h11-14H,2-10H2,1H3. The molecule has 0 bridgehead atoms. The minimum atomic E-state index is -0.488. The van der Waals surface area contributed by atoms with Crippen LogP contribution < -0.4 is 0 Å².